The van der Waals surface area contributed by atoms with Crippen molar-refractivity contribution in [3.63, 3.8) is 0 Å². The molecule has 1 aliphatic heterocycles. The summed E-state index contributed by atoms with van der Waals surface area (Å²) in [6, 6.07) is 146. The van der Waals surface area contributed by atoms with Crippen LogP contribution in [0.15, 0.2) is 413 Å². The van der Waals surface area contributed by atoms with E-state index in [2.05, 4.69) is 439 Å². The van der Waals surface area contributed by atoms with E-state index in [1.165, 1.54) is 157 Å². The lowest BCUT2D eigenvalue weighted by atomic mass is 9.91. The Balaban J connectivity index is 0.684. The number of rotatable bonds is 7. The Morgan fingerprint density at radius 2 is 0.443 bits per heavy atom. The Morgan fingerprint density at radius 1 is 0.180 bits per heavy atom. The molecule has 1 aliphatic rings. The van der Waals surface area contributed by atoms with Crippen molar-refractivity contribution in [3.8, 4) is 28.4 Å². The van der Waals surface area contributed by atoms with Crippen molar-refractivity contribution in [2.75, 3.05) is 11.4 Å². The summed E-state index contributed by atoms with van der Waals surface area (Å²) < 4.78 is 14.9. The Kier molecular flexibility index (Phi) is 13.9. The Morgan fingerprint density at radius 3 is 0.836 bits per heavy atom. The molecule has 7 heterocycles. The first-order valence-corrected chi connectivity index (χ1v) is 42.2. The number of nitrogens with zero attached hydrogens (tertiary/aromatic N) is 7. The fourth-order valence-corrected chi connectivity index (χ4v) is 21.6. The summed E-state index contributed by atoms with van der Waals surface area (Å²) in [7, 11) is 0. The van der Waals surface area contributed by atoms with Gasteiger partial charge in [-0.3, -0.25) is 0 Å². The summed E-state index contributed by atoms with van der Waals surface area (Å²) in [4.78, 5) is 2.39. The molecule has 27 rings (SSSR count). The second-order valence-corrected chi connectivity index (χ2v) is 33.1. The van der Waals surface area contributed by atoms with Crippen LogP contribution < -0.4 is 4.90 Å². The van der Waals surface area contributed by atoms with Gasteiger partial charge in [0.05, 0.1) is 66.2 Å². The van der Waals surface area contributed by atoms with Crippen LogP contribution in [0.25, 0.3) is 235 Å². The number of para-hydroxylation sites is 9. The standard InChI is InChI=1S/C115H71N7/c1-70-60-72(28-25-59-116(71-26-3-2-4-27-71)103-41-17-9-29-78(70)103)117-108-46-22-14-38-89(108)100-65-77(53-58-111(100)117)122-114-68-96-83-54-49-73(120-109-47-23-15-39-90(109)98-63-75(51-56-112(98)120)118-104-42-18-10-34-85(104)86-35-11-19-43-105(86)118)61-92(83)79-30-5-7-32-81(79)94(96)66-101(114)102-67-95-82-33-8-6-31-80(82)93-62-74(50-55-84(93)97(95)69-115(102)122)121-110-48-24-16-40-91(110)99-64-76(52-57-113(99)121)119-106-44-20-12-36-87(106)88-37-13-21-45-107(88)119/h2-58,60-69H,1,59H2/b28-25-,72-60+. The van der Waals surface area contributed by atoms with E-state index in [1.807, 2.05) is 0 Å². The third-order valence-electron chi connectivity index (χ3n) is 26.8. The second-order valence-electron chi connectivity index (χ2n) is 33.1. The summed E-state index contributed by atoms with van der Waals surface area (Å²) in [5.74, 6) is 0. The fraction of sp³-hybridized carbons (Fsp3) is 0.00870. The lowest BCUT2D eigenvalue weighted by molar-refractivity contribution is 1.09. The highest BCUT2D eigenvalue weighted by Crippen LogP contribution is 2.49. The molecule has 26 aromatic rings. The Hall–Kier alpha value is -16.2. The van der Waals surface area contributed by atoms with Crippen LogP contribution in [0.1, 0.15) is 5.56 Å². The van der Waals surface area contributed by atoms with Crippen LogP contribution in [0.5, 0.6) is 0 Å². The normalized spacial score (nSPS) is 13.8. The maximum atomic E-state index is 4.83. The second kappa shape index (κ2) is 25.4. The number of anilines is 2. The molecule has 7 heteroatoms. The van der Waals surface area contributed by atoms with Crippen LogP contribution in [0.4, 0.5) is 11.4 Å². The Labute approximate surface area is 699 Å². The molecule has 0 saturated heterocycles. The highest BCUT2D eigenvalue weighted by Gasteiger charge is 2.27. The number of fused-ring (bicyclic) bond motifs is 31. The SMILES string of the molecule is C=C1/C=C(n2c3ccccc3c3cc(-n4c5cc6c7ccc(-n8c9ccccc9c9cc(-n%10c%11ccccc%11c%11ccccc%11%10)ccc98)cc7c7ccccc7c6cc5c5cc6c7ccccc7c7cc(-n8c9ccccc9c9cc(-n%10c%11ccccc%11c%11ccccc%11%10)ccc98)ccc7c6cc54)ccc32)\C=C/CN(c2ccccc2)c2ccccc21. The van der Waals surface area contributed by atoms with E-state index in [0.29, 0.717) is 6.54 Å². The average Bonchev–Trinajstić information content (AvgIpc) is 1.51. The first-order chi connectivity index (χ1) is 60.5. The van der Waals surface area contributed by atoms with Gasteiger partial charge in [-0.2, -0.15) is 0 Å². The van der Waals surface area contributed by atoms with E-state index in [9.17, 15) is 0 Å². The molecule has 0 fully saturated rings. The van der Waals surface area contributed by atoms with Crippen molar-refractivity contribution in [2.45, 2.75) is 0 Å². The molecule has 0 radical (unpaired) electrons. The lowest BCUT2D eigenvalue weighted by Crippen LogP contribution is -2.18. The first-order valence-electron chi connectivity index (χ1n) is 42.2. The minimum Gasteiger partial charge on any atom is -0.337 e. The minimum atomic E-state index is 0.671. The van der Waals surface area contributed by atoms with E-state index in [-0.39, 0.29) is 0 Å². The van der Waals surface area contributed by atoms with E-state index >= 15 is 0 Å². The van der Waals surface area contributed by atoms with Gasteiger partial charge in [-0.25, -0.2) is 0 Å². The predicted molar refractivity (Wildman–Crippen MR) is 519 cm³/mol. The summed E-state index contributed by atoms with van der Waals surface area (Å²) in [6.45, 7) is 5.50. The predicted octanol–water partition coefficient (Wildman–Crippen LogP) is 30.5. The summed E-state index contributed by atoms with van der Waals surface area (Å²) in [5.41, 5.74) is 24.9. The van der Waals surface area contributed by atoms with E-state index in [0.717, 1.165) is 95.1 Å². The lowest BCUT2D eigenvalue weighted by Gasteiger charge is -2.26. The molecule has 0 unspecified atom stereocenters. The van der Waals surface area contributed by atoms with Crippen molar-refractivity contribution in [2.24, 2.45) is 0 Å². The zero-order chi connectivity index (χ0) is 79.7. The molecule has 0 N–H and O–H groups in total. The third kappa shape index (κ3) is 9.44. The fourth-order valence-electron chi connectivity index (χ4n) is 21.6. The van der Waals surface area contributed by atoms with Crippen LogP contribution in [0, 0.1) is 0 Å². The van der Waals surface area contributed by atoms with E-state index in [4.69, 9.17) is 6.58 Å². The quantitative estimate of drug-likeness (QED) is 0.146. The van der Waals surface area contributed by atoms with Gasteiger partial charge in [-0.05, 0) is 246 Å². The molecule has 0 aliphatic carbocycles. The van der Waals surface area contributed by atoms with Gasteiger partial charge in [-0.1, -0.05) is 237 Å². The molecule has 0 saturated carbocycles. The molecule has 566 valence electrons. The van der Waals surface area contributed by atoms with Gasteiger partial charge in [0.1, 0.15) is 0 Å². The van der Waals surface area contributed by atoms with Crippen molar-refractivity contribution in [3.05, 3.63) is 419 Å². The van der Waals surface area contributed by atoms with Crippen molar-refractivity contribution >= 4 is 218 Å². The van der Waals surface area contributed by atoms with Crippen molar-refractivity contribution in [1.82, 2.24) is 27.4 Å². The van der Waals surface area contributed by atoms with Gasteiger partial charge >= 0.3 is 0 Å². The van der Waals surface area contributed by atoms with Crippen LogP contribution in [-0.2, 0) is 0 Å². The van der Waals surface area contributed by atoms with Gasteiger partial charge in [0.25, 0.3) is 0 Å². The number of benzene rings is 20. The molecule has 6 aromatic heterocycles. The molecule has 122 heavy (non-hydrogen) atoms. The average molecular weight is 1550 g/mol. The van der Waals surface area contributed by atoms with Gasteiger partial charge in [-0.15, -0.1) is 0 Å². The largest absolute Gasteiger partial charge is 0.337 e. The molecule has 20 aromatic carbocycles. The van der Waals surface area contributed by atoms with E-state index in [1.54, 1.807) is 0 Å². The highest BCUT2D eigenvalue weighted by atomic mass is 15.1. The monoisotopic (exact) mass is 1550 g/mol. The smallest absolute Gasteiger partial charge is 0.0547 e. The zero-order valence-corrected chi connectivity index (χ0v) is 66.2. The summed E-state index contributed by atoms with van der Waals surface area (Å²) in [6.07, 6.45) is 6.88. The number of allylic oxidation sites excluding steroid dienone is 4. The van der Waals surface area contributed by atoms with Crippen LogP contribution >= 0.6 is 0 Å². The third-order valence-corrected chi connectivity index (χ3v) is 26.8. The maximum absolute atomic E-state index is 4.83. The van der Waals surface area contributed by atoms with Crippen molar-refractivity contribution < 1.29 is 0 Å². The van der Waals surface area contributed by atoms with Gasteiger partial charge < -0.3 is 32.3 Å². The minimum absolute atomic E-state index is 0.671. The number of hydrogen-bond acceptors (Lipinski definition) is 1. The molecule has 0 bridgehead atoms. The van der Waals surface area contributed by atoms with Gasteiger partial charge in [0, 0.05) is 122 Å². The van der Waals surface area contributed by atoms with Crippen molar-refractivity contribution in [1.29, 1.82) is 0 Å². The zero-order valence-electron chi connectivity index (χ0n) is 66.2. The topological polar surface area (TPSA) is 32.8 Å². The van der Waals surface area contributed by atoms with Gasteiger partial charge in [0.2, 0.25) is 0 Å². The first kappa shape index (κ1) is 66.9. The molecule has 0 spiro atoms. The van der Waals surface area contributed by atoms with Crippen LogP contribution in [-0.4, -0.2) is 33.9 Å². The van der Waals surface area contributed by atoms with Crippen LogP contribution in [0.3, 0.4) is 0 Å². The molecule has 0 amide bonds. The number of hydrogen-bond donors (Lipinski definition) is 0. The summed E-state index contributed by atoms with van der Waals surface area (Å²) in [5, 5.41) is 29.1. The van der Waals surface area contributed by atoms with E-state index < -0.39 is 0 Å². The molecule has 7 nitrogen and oxygen atoms in total. The highest BCUT2D eigenvalue weighted by molar-refractivity contribution is 6.33. The molecular formula is C115H71N7. The molecular weight excluding hydrogens is 1480 g/mol. The maximum Gasteiger partial charge on any atom is 0.0547 e. The van der Waals surface area contributed by atoms with Crippen LogP contribution in [0.2, 0.25) is 0 Å². The van der Waals surface area contributed by atoms with Gasteiger partial charge in [0.15, 0.2) is 0 Å². The number of aromatic nitrogens is 6. The Bertz CT molecular complexity index is 8710. The molecule has 0 atom stereocenters. The summed E-state index contributed by atoms with van der Waals surface area (Å²) >= 11 is 0.